The van der Waals surface area contributed by atoms with Gasteiger partial charge in [0.15, 0.2) is 0 Å². The minimum absolute atomic E-state index is 0.0724. The Bertz CT molecular complexity index is 431. The molecule has 1 rings (SSSR count). The Labute approximate surface area is 106 Å². The maximum absolute atomic E-state index is 13.8. The number of benzene rings is 1. The molecule has 0 amide bonds. The Morgan fingerprint density at radius 3 is 2.50 bits per heavy atom. The van der Waals surface area contributed by atoms with Crippen molar-refractivity contribution in [2.45, 2.75) is 45.7 Å². The molecule has 5 heteroatoms. The number of nitrogens with zero attached hydrogens (tertiary/aromatic N) is 1. The van der Waals surface area contributed by atoms with Gasteiger partial charge in [-0.1, -0.05) is 26.0 Å². The summed E-state index contributed by atoms with van der Waals surface area (Å²) in [7, 11) is 0. The fourth-order valence-corrected chi connectivity index (χ4v) is 1.65. The molecule has 0 aliphatic heterocycles. The van der Waals surface area contributed by atoms with Crippen LogP contribution in [0.5, 0.6) is 0 Å². The summed E-state index contributed by atoms with van der Waals surface area (Å²) >= 11 is 0. The molecule has 0 atom stereocenters. The van der Waals surface area contributed by atoms with Crippen molar-refractivity contribution in [3.05, 3.63) is 39.7 Å². The molecule has 0 spiro atoms. The molecule has 0 fully saturated rings. The first-order valence-electron chi connectivity index (χ1n) is 6.10. The zero-order valence-electron chi connectivity index (χ0n) is 11.0. The number of nitrogens with one attached hydrogen (secondary N) is 1. The van der Waals surface area contributed by atoms with Gasteiger partial charge in [-0.05, 0) is 19.8 Å². The lowest BCUT2D eigenvalue weighted by Crippen LogP contribution is -2.40. The lowest BCUT2D eigenvalue weighted by Gasteiger charge is -2.28. The lowest BCUT2D eigenvalue weighted by atomic mass is 9.95. The van der Waals surface area contributed by atoms with E-state index < -0.39 is 16.4 Å². The lowest BCUT2D eigenvalue weighted by molar-refractivity contribution is -0.387. The molecule has 0 saturated carbocycles. The first-order valence-corrected chi connectivity index (χ1v) is 6.10. The number of rotatable bonds is 6. The van der Waals surface area contributed by atoms with Crippen molar-refractivity contribution in [3.63, 3.8) is 0 Å². The number of nitro benzene ring substituents is 1. The van der Waals surface area contributed by atoms with E-state index in [-0.39, 0.29) is 5.54 Å². The van der Waals surface area contributed by atoms with Gasteiger partial charge in [0.25, 0.3) is 0 Å². The van der Waals surface area contributed by atoms with Crippen LogP contribution in [0.4, 0.5) is 10.1 Å². The highest BCUT2D eigenvalue weighted by Gasteiger charge is 2.21. The zero-order chi connectivity index (χ0) is 13.8. The largest absolute Gasteiger partial charge is 0.307 e. The van der Waals surface area contributed by atoms with Crippen molar-refractivity contribution in [1.29, 1.82) is 0 Å². The molecular weight excluding hydrogens is 235 g/mol. The molecule has 0 aromatic heterocycles. The molecule has 0 unspecified atom stereocenters. The number of hydrogen-bond donors (Lipinski definition) is 1. The number of halogens is 1. The van der Waals surface area contributed by atoms with Gasteiger partial charge in [-0.15, -0.1) is 0 Å². The van der Waals surface area contributed by atoms with Gasteiger partial charge in [0.1, 0.15) is 0 Å². The minimum Gasteiger partial charge on any atom is -0.307 e. The normalized spacial score (nSPS) is 11.6. The molecular formula is C13H19FN2O2. The van der Waals surface area contributed by atoms with Crippen LogP contribution in [0.25, 0.3) is 0 Å². The zero-order valence-corrected chi connectivity index (χ0v) is 11.0. The van der Waals surface area contributed by atoms with Gasteiger partial charge >= 0.3 is 5.69 Å². The quantitative estimate of drug-likeness (QED) is 0.625. The van der Waals surface area contributed by atoms with Gasteiger partial charge < -0.3 is 5.32 Å². The van der Waals surface area contributed by atoms with E-state index >= 15 is 0 Å². The fourth-order valence-electron chi connectivity index (χ4n) is 1.65. The molecule has 0 aliphatic rings. The minimum atomic E-state index is -0.746. The van der Waals surface area contributed by atoms with Gasteiger partial charge in [-0.25, -0.2) is 0 Å². The molecule has 0 saturated heterocycles. The summed E-state index contributed by atoms with van der Waals surface area (Å²) in [4.78, 5) is 9.94. The maximum Gasteiger partial charge on any atom is 0.305 e. The van der Waals surface area contributed by atoms with Crippen molar-refractivity contribution < 1.29 is 9.31 Å². The summed E-state index contributed by atoms with van der Waals surface area (Å²) in [6.45, 7) is 6.47. The Morgan fingerprint density at radius 2 is 2.00 bits per heavy atom. The van der Waals surface area contributed by atoms with E-state index in [0.29, 0.717) is 12.1 Å². The standard InChI is InChI=1S/C13H19FN2O2/c1-4-13(3,5-2)15-9-10-7-6-8-11(12(10)14)16(17)18/h6-8,15H,4-5,9H2,1-3H3. The van der Waals surface area contributed by atoms with Crippen molar-refractivity contribution in [3.8, 4) is 0 Å². The average Bonchev–Trinajstić information content (AvgIpc) is 2.37. The molecule has 1 aromatic rings. The van der Waals surface area contributed by atoms with E-state index in [2.05, 4.69) is 26.1 Å². The van der Waals surface area contributed by atoms with Crippen LogP contribution >= 0.6 is 0 Å². The molecule has 0 bridgehead atoms. The Hall–Kier alpha value is -1.49. The third kappa shape index (κ3) is 3.26. The molecule has 0 heterocycles. The van der Waals surface area contributed by atoms with Crippen LogP contribution in [0.15, 0.2) is 18.2 Å². The fraction of sp³-hybridized carbons (Fsp3) is 0.538. The van der Waals surface area contributed by atoms with Crippen LogP contribution in [-0.4, -0.2) is 10.5 Å². The van der Waals surface area contributed by atoms with Crippen molar-refractivity contribution >= 4 is 5.69 Å². The molecule has 4 nitrogen and oxygen atoms in total. The first-order chi connectivity index (χ1) is 8.43. The van der Waals surface area contributed by atoms with E-state index in [1.165, 1.54) is 12.1 Å². The van der Waals surface area contributed by atoms with E-state index in [4.69, 9.17) is 0 Å². The van der Waals surface area contributed by atoms with E-state index in [1.807, 2.05) is 0 Å². The predicted molar refractivity (Wildman–Crippen MR) is 68.9 cm³/mol. The molecule has 1 N–H and O–H groups in total. The molecule has 1 aromatic carbocycles. The Morgan fingerprint density at radius 1 is 1.39 bits per heavy atom. The van der Waals surface area contributed by atoms with Crippen LogP contribution in [0, 0.1) is 15.9 Å². The van der Waals surface area contributed by atoms with E-state index in [0.717, 1.165) is 12.8 Å². The summed E-state index contributed by atoms with van der Waals surface area (Å²) in [6, 6.07) is 4.26. The van der Waals surface area contributed by atoms with Gasteiger partial charge in [-0.3, -0.25) is 10.1 Å². The summed E-state index contributed by atoms with van der Waals surface area (Å²) < 4.78 is 13.8. The van der Waals surface area contributed by atoms with Crippen LogP contribution in [0.2, 0.25) is 0 Å². The third-order valence-electron chi connectivity index (χ3n) is 3.52. The molecule has 0 aliphatic carbocycles. The van der Waals surface area contributed by atoms with Crippen molar-refractivity contribution in [1.82, 2.24) is 5.32 Å². The molecule has 100 valence electrons. The second-order valence-corrected chi connectivity index (χ2v) is 4.63. The summed E-state index contributed by atoms with van der Waals surface area (Å²) in [5.41, 5.74) is -0.210. The number of hydrogen-bond acceptors (Lipinski definition) is 3. The average molecular weight is 254 g/mol. The smallest absolute Gasteiger partial charge is 0.305 e. The van der Waals surface area contributed by atoms with E-state index in [1.54, 1.807) is 6.07 Å². The second kappa shape index (κ2) is 5.91. The predicted octanol–water partition coefficient (Wildman–Crippen LogP) is 3.40. The monoisotopic (exact) mass is 254 g/mol. The summed E-state index contributed by atoms with van der Waals surface area (Å²) in [5, 5.41) is 13.9. The van der Waals surface area contributed by atoms with Crippen molar-refractivity contribution in [2.75, 3.05) is 0 Å². The van der Waals surface area contributed by atoms with Crippen LogP contribution in [0.1, 0.15) is 39.2 Å². The van der Waals surface area contributed by atoms with E-state index in [9.17, 15) is 14.5 Å². The highest BCUT2D eigenvalue weighted by atomic mass is 19.1. The van der Waals surface area contributed by atoms with Crippen LogP contribution < -0.4 is 5.32 Å². The summed E-state index contributed by atoms with van der Waals surface area (Å²) in [5.74, 6) is -0.746. The van der Waals surface area contributed by atoms with Gasteiger partial charge in [0.05, 0.1) is 4.92 Å². The molecule has 0 radical (unpaired) electrons. The highest BCUT2D eigenvalue weighted by molar-refractivity contribution is 5.36. The third-order valence-corrected chi connectivity index (χ3v) is 3.52. The summed E-state index contributed by atoms with van der Waals surface area (Å²) in [6.07, 6.45) is 1.83. The Balaban J connectivity index is 2.86. The highest BCUT2D eigenvalue weighted by Crippen LogP contribution is 2.21. The van der Waals surface area contributed by atoms with Gasteiger partial charge in [0.2, 0.25) is 5.82 Å². The maximum atomic E-state index is 13.8. The van der Waals surface area contributed by atoms with Gasteiger partial charge in [-0.2, -0.15) is 4.39 Å². The first kappa shape index (κ1) is 14.6. The Kier molecular flexibility index (Phi) is 4.78. The van der Waals surface area contributed by atoms with Crippen LogP contribution in [-0.2, 0) is 6.54 Å². The van der Waals surface area contributed by atoms with Gasteiger partial charge in [0, 0.05) is 23.7 Å². The van der Waals surface area contributed by atoms with Crippen LogP contribution in [0.3, 0.4) is 0 Å². The SMILES string of the molecule is CCC(C)(CC)NCc1cccc([N+](=O)[O-])c1F. The number of nitro groups is 1. The topological polar surface area (TPSA) is 55.2 Å². The molecule has 18 heavy (non-hydrogen) atoms. The second-order valence-electron chi connectivity index (χ2n) is 4.63. The van der Waals surface area contributed by atoms with Crippen molar-refractivity contribution in [2.24, 2.45) is 0 Å².